The molecule has 2 heterocycles. The van der Waals surface area contributed by atoms with Gasteiger partial charge >= 0.3 is 0 Å². The highest BCUT2D eigenvalue weighted by atomic mass is 32.2. The van der Waals surface area contributed by atoms with Crippen LogP contribution in [0.25, 0.3) is 17.2 Å². The molecule has 1 atom stereocenters. The van der Waals surface area contributed by atoms with Gasteiger partial charge in [0.2, 0.25) is 21.9 Å². The van der Waals surface area contributed by atoms with Crippen LogP contribution >= 0.6 is 0 Å². The molecule has 1 N–H and O–H groups in total. The largest absolute Gasteiger partial charge is 0.494 e. The highest BCUT2D eigenvalue weighted by Crippen LogP contribution is 2.38. The Morgan fingerprint density at radius 1 is 0.905 bits per heavy atom. The maximum absolute atomic E-state index is 13.9. The molecule has 0 saturated carbocycles. The number of anilines is 1. The van der Waals surface area contributed by atoms with Crippen LogP contribution in [0.4, 0.5) is 10.3 Å². The van der Waals surface area contributed by atoms with Crippen LogP contribution in [-0.2, 0) is 24.6 Å². The molecule has 0 bridgehead atoms. The molecule has 0 saturated heterocycles. The standard InChI is InChI=1S/C26H28FN5O8S2/c1-37-19-9-7-10-20(38-2)24(19)32-25(18-8-6-11-23(28-18)40-4)29-30-26(32)31-42(35,36)15-21(39-3)17-13-12-16(27)14-22(17)41(5,33)34/h6-14,21H,15H2,1-5H3,(H,30,31)/t21-/m0/s1. The Kier molecular flexibility index (Phi) is 8.98. The van der Waals surface area contributed by atoms with Gasteiger partial charge in [-0.25, -0.2) is 26.2 Å². The number of aromatic nitrogens is 4. The number of halogens is 1. The summed E-state index contributed by atoms with van der Waals surface area (Å²) in [6.07, 6.45) is -0.397. The number of benzene rings is 2. The smallest absolute Gasteiger partial charge is 0.243 e. The number of nitrogens with zero attached hydrogens (tertiary/aromatic N) is 4. The highest BCUT2D eigenvalue weighted by molar-refractivity contribution is 7.92. The fraction of sp³-hybridized carbons (Fsp3) is 0.269. The second kappa shape index (κ2) is 12.3. The number of methoxy groups -OCH3 is 4. The van der Waals surface area contributed by atoms with Gasteiger partial charge in [-0.1, -0.05) is 18.2 Å². The Morgan fingerprint density at radius 2 is 1.57 bits per heavy atom. The van der Waals surface area contributed by atoms with E-state index in [1.165, 1.54) is 39.1 Å². The Balaban J connectivity index is 1.84. The minimum Gasteiger partial charge on any atom is -0.494 e. The lowest BCUT2D eigenvalue weighted by Crippen LogP contribution is -2.25. The van der Waals surface area contributed by atoms with E-state index in [0.717, 1.165) is 18.4 Å². The lowest BCUT2D eigenvalue weighted by molar-refractivity contribution is 0.119. The third-order valence-corrected chi connectivity index (χ3v) is 8.46. The van der Waals surface area contributed by atoms with Crippen LogP contribution in [0, 0.1) is 5.82 Å². The van der Waals surface area contributed by atoms with E-state index in [2.05, 4.69) is 19.9 Å². The summed E-state index contributed by atoms with van der Waals surface area (Å²) in [6.45, 7) is 0. The first-order valence-electron chi connectivity index (χ1n) is 12.1. The summed E-state index contributed by atoms with van der Waals surface area (Å²) < 4.78 is 91.0. The van der Waals surface area contributed by atoms with E-state index in [-0.39, 0.29) is 28.9 Å². The summed E-state index contributed by atoms with van der Waals surface area (Å²) in [7, 11) is -2.73. The summed E-state index contributed by atoms with van der Waals surface area (Å²) in [5.41, 5.74) is 0.533. The third-order valence-electron chi connectivity index (χ3n) is 6.07. The minimum absolute atomic E-state index is 0.0269. The lowest BCUT2D eigenvalue weighted by Gasteiger charge is -2.20. The molecule has 4 rings (SSSR count). The van der Waals surface area contributed by atoms with Crippen molar-refractivity contribution >= 4 is 25.8 Å². The highest BCUT2D eigenvalue weighted by Gasteiger charge is 2.30. The number of para-hydroxylation sites is 1. The second-order valence-corrected chi connectivity index (χ2v) is 12.6. The molecule has 0 amide bonds. The fourth-order valence-corrected chi connectivity index (χ4v) is 6.36. The Bertz CT molecular complexity index is 1790. The van der Waals surface area contributed by atoms with Crippen molar-refractivity contribution in [2.75, 3.05) is 45.2 Å². The zero-order chi connectivity index (χ0) is 30.7. The number of hydrogen-bond acceptors (Lipinski definition) is 11. The molecule has 0 spiro atoms. The van der Waals surface area contributed by atoms with Crippen LogP contribution in [-0.4, -0.2) is 77.0 Å². The van der Waals surface area contributed by atoms with Crippen LogP contribution < -0.4 is 18.9 Å². The zero-order valence-electron chi connectivity index (χ0n) is 23.2. The maximum atomic E-state index is 13.9. The van der Waals surface area contributed by atoms with E-state index in [1.807, 2.05) is 0 Å². The summed E-state index contributed by atoms with van der Waals surface area (Å²) in [4.78, 5) is 4.01. The molecule has 0 fully saturated rings. The molecule has 0 aliphatic carbocycles. The van der Waals surface area contributed by atoms with Gasteiger partial charge in [-0.2, -0.15) is 0 Å². The van der Waals surface area contributed by atoms with Crippen molar-refractivity contribution in [3.05, 3.63) is 66.0 Å². The molecule has 0 radical (unpaired) electrons. The van der Waals surface area contributed by atoms with Gasteiger partial charge in [0, 0.05) is 25.0 Å². The first-order valence-corrected chi connectivity index (χ1v) is 15.7. The Labute approximate surface area is 242 Å². The minimum atomic E-state index is -4.33. The molecule has 0 unspecified atom stereocenters. The molecular formula is C26H28FN5O8S2. The van der Waals surface area contributed by atoms with E-state index >= 15 is 0 Å². The van der Waals surface area contributed by atoms with Gasteiger partial charge in [0.1, 0.15) is 28.7 Å². The van der Waals surface area contributed by atoms with E-state index in [4.69, 9.17) is 18.9 Å². The van der Waals surface area contributed by atoms with Gasteiger partial charge in [-0.05, 0) is 30.3 Å². The quantitative estimate of drug-likeness (QED) is 0.248. The van der Waals surface area contributed by atoms with Crippen molar-refractivity contribution in [3.63, 3.8) is 0 Å². The molecule has 4 aromatic rings. The molecule has 42 heavy (non-hydrogen) atoms. The summed E-state index contributed by atoms with van der Waals surface area (Å²) in [6, 6.07) is 12.9. The number of sulfonamides is 1. The van der Waals surface area contributed by atoms with E-state index in [0.29, 0.717) is 17.2 Å². The number of pyridine rings is 1. The van der Waals surface area contributed by atoms with Crippen LogP contribution in [0.3, 0.4) is 0 Å². The van der Waals surface area contributed by atoms with Crippen molar-refractivity contribution in [2.24, 2.45) is 0 Å². The number of nitrogens with one attached hydrogen (secondary N) is 1. The fourth-order valence-electron chi connectivity index (χ4n) is 4.19. The lowest BCUT2D eigenvalue weighted by atomic mass is 10.1. The predicted octanol–water partition coefficient (Wildman–Crippen LogP) is 3.03. The Hall–Kier alpha value is -4.28. The average molecular weight is 622 g/mol. The molecule has 0 aliphatic heterocycles. The van der Waals surface area contributed by atoms with Crippen molar-refractivity contribution in [1.82, 2.24) is 19.7 Å². The number of hydrogen-bond donors (Lipinski definition) is 1. The van der Waals surface area contributed by atoms with Crippen LogP contribution in [0.15, 0.2) is 59.5 Å². The SMILES string of the molecule is COc1cccc(-c2nnc(NS(=O)(=O)C[C@H](OC)c3ccc(F)cc3S(C)(=O)=O)n2-c2c(OC)cccc2OC)n1. The zero-order valence-corrected chi connectivity index (χ0v) is 24.9. The van der Waals surface area contributed by atoms with E-state index in [9.17, 15) is 21.2 Å². The van der Waals surface area contributed by atoms with Gasteiger partial charge in [-0.15, -0.1) is 10.2 Å². The maximum Gasteiger partial charge on any atom is 0.243 e. The van der Waals surface area contributed by atoms with Gasteiger partial charge < -0.3 is 18.9 Å². The molecule has 16 heteroatoms. The molecule has 224 valence electrons. The first-order chi connectivity index (χ1) is 19.9. The van der Waals surface area contributed by atoms with Crippen LogP contribution in [0.5, 0.6) is 17.4 Å². The number of rotatable bonds is 12. The van der Waals surface area contributed by atoms with Gasteiger partial charge in [0.25, 0.3) is 0 Å². The van der Waals surface area contributed by atoms with Gasteiger partial charge in [0.15, 0.2) is 15.7 Å². The molecular weight excluding hydrogens is 593 g/mol. The second-order valence-electron chi connectivity index (χ2n) is 8.82. The predicted molar refractivity (Wildman–Crippen MR) is 151 cm³/mol. The average Bonchev–Trinajstić information content (AvgIpc) is 3.37. The topological polar surface area (TPSA) is 161 Å². The van der Waals surface area contributed by atoms with E-state index < -0.39 is 42.4 Å². The van der Waals surface area contributed by atoms with Gasteiger partial charge in [-0.3, -0.25) is 9.29 Å². The first kappa shape index (κ1) is 30.7. The normalized spacial score (nSPS) is 12.5. The molecule has 13 nitrogen and oxygen atoms in total. The van der Waals surface area contributed by atoms with Crippen LogP contribution in [0.2, 0.25) is 0 Å². The van der Waals surface area contributed by atoms with E-state index in [1.54, 1.807) is 36.4 Å². The van der Waals surface area contributed by atoms with Gasteiger partial charge in [0.05, 0.1) is 38.1 Å². The monoisotopic (exact) mass is 621 g/mol. The van der Waals surface area contributed by atoms with Crippen molar-refractivity contribution in [1.29, 1.82) is 0 Å². The molecule has 0 aliphatic rings. The van der Waals surface area contributed by atoms with Crippen molar-refractivity contribution < 1.29 is 40.2 Å². The summed E-state index contributed by atoms with van der Waals surface area (Å²) in [5, 5.41) is 8.27. The number of sulfone groups is 1. The molecule has 2 aromatic heterocycles. The number of ether oxygens (including phenoxy) is 4. The molecule has 2 aromatic carbocycles. The van der Waals surface area contributed by atoms with Crippen molar-refractivity contribution in [2.45, 2.75) is 11.0 Å². The van der Waals surface area contributed by atoms with Crippen molar-refractivity contribution in [3.8, 4) is 34.6 Å². The Morgan fingerprint density at radius 3 is 2.17 bits per heavy atom. The summed E-state index contributed by atoms with van der Waals surface area (Å²) >= 11 is 0. The van der Waals surface area contributed by atoms with Crippen LogP contribution in [0.1, 0.15) is 11.7 Å². The summed E-state index contributed by atoms with van der Waals surface area (Å²) in [5.74, 6) is -0.798. The third kappa shape index (κ3) is 6.45.